The van der Waals surface area contributed by atoms with E-state index in [0.29, 0.717) is 29.3 Å². The third-order valence-corrected chi connectivity index (χ3v) is 5.80. The smallest absolute Gasteiger partial charge is 0.243 e. The first-order valence-electron chi connectivity index (χ1n) is 10.4. The van der Waals surface area contributed by atoms with E-state index in [-0.39, 0.29) is 24.4 Å². The van der Waals surface area contributed by atoms with Crippen molar-refractivity contribution in [3.8, 4) is 0 Å². The molecule has 0 unspecified atom stereocenters. The largest absolute Gasteiger partial charge is 0.352 e. The lowest BCUT2D eigenvalue weighted by Crippen LogP contribution is -2.50. The van der Waals surface area contributed by atoms with Crippen LogP contribution < -0.4 is 5.32 Å². The van der Waals surface area contributed by atoms with Crippen molar-refractivity contribution < 1.29 is 9.59 Å². The summed E-state index contributed by atoms with van der Waals surface area (Å²) in [6.45, 7) is 6.16. The van der Waals surface area contributed by atoms with Crippen LogP contribution in [0, 0.1) is 0 Å². The van der Waals surface area contributed by atoms with E-state index in [1.165, 1.54) is 0 Å². The van der Waals surface area contributed by atoms with Crippen LogP contribution in [0.4, 0.5) is 0 Å². The summed E-state index contributed by atoms with van der Waals surface area (Å²) in [7, 11) is 0. The van der Waals surface area contributed by atoms with Gasteiger partial charge in [0.05, 0.1) is 0 Å². The summed E-state index contributed by atoms with van der Waals surface area (Å²) in [6.07, 6.45) is 2.29. The lowest BCUT2D eigenvalue weighted by molar-refractivity contribution is -0.141. The highest BCUT2D eigenvalue weighted by Gasteiger charge is 2.29. The van der Waals surface area contributed by atoms with Crippen LogP contribution in [0.1, 0.15) is 51.2 Å². The van der Waals surface area contributed by atoms with E-state index >= 15 is 0 Å². The van der Waals surface area contributed by atoms with Gasteiger partial charge in [-0.2, -0.15) is 0 Å². The maximum Gasteiger partial charge on any atom is 0.243 e. The summed E-state index contributed by atoms with van der Waals surface area (Å²) in [5.74, 6) is -0.207. The van der Waals surface area contributed by atoms with Crippen molar-refractivity contribution in [2.24, 2.45) is 0 Å². The van der Waals surface area contributed by atoms with E-state index in [1.807, 2.05) is 51.1 Å². The molecule has 0 saturated carbocycles. The molecule has 4 nitrogen and oxygen atoms in total. The summed E-state index contributed by atoms with van der Waals surface area (Å²) in [5, 5.41) is 4.03. The van der Waals surface area contributed by atoms with Gasteiger partial charge in [-0.3, -0.25) is 9.59 Å². The van der Waals surface area contributed by atoms with Crippen molar-refractivity contribution in [3.05, 3.63) is 69.7 Å². The minimum atomic E-state index is -0.561. The van der Waals surface area contributed by atoms with Gasteiger partial charge in [0, 0.05) is 29.1 Å². The Labute approximate surface area is 189 Å². The fourth-order valence-electron chi connectivity index (χ4n) is 3.23. The van der Waals surface area contributed by atoms with Gasteiger partial charge in [0.1, 0.15) is 6.04 Å². The number of halogens is 2. The second-order valence-corrected chi connectivity index (χ2v) is 8.33. The van der Waals surface area contributed by atoms with Gasteiger partial charge >= 0.3 is 0 Å². The summed E-state index contributed by atoms with van der Waals surface area (Å²) < 4.78 is 0. The van der Waals surface area contributed by atoms with Crippen molar-refractivity contribution in [1.82, 2.24) is 10.2 Å². The average Bonchev–Trinajstić information content (AvgIpc) is 2.74. The SMILES string of the molecule is CC[C@H](C(=O)N[C@@H](C)CC)N(Cc1ccc(Cl)cc1Cl)C(=O)CCc1ccccc1. The third kappa shape index (κ3) is 7.03. The molecular weight excluding hydrogens is 419 g/mol. The van der Waals surface area contributed by atoms with Crippen LogP contribution in [0.25, 0.3) is 0 Å². The number of benzene rings is 2. The Kier molecular flexibility index (Phi) is 9.67. The van der Waals surface area contributed by atoms with Crippen LogP contribution >= 0.6 is 23.2 Å². The Bertz CT molecular complexity index is 842. The molecule has 30 heavy (non-hydrogen) atoms. The molecule has 2 atom stereocenters. The quantitative estimate of drug-likeness (QED) is 0.510. The number of aryl methyl sites for hydroxylation is 1. The van der Waals surface area contributed by atoms with Gasteiger partial charge in [0.15, 0.2) is 0 Å². The van der Waals surface area contributed by atoms with E-state index in [4.69, 9.17) is 23.2 Å². The van der Waals surface area contributed by atoms with E-state index in [2.05, 4.69) is 5.32 Å². The summed E-state index contributed by atoms with van der Waals surface area (Å²) in [5.41, 5.74) is 1.86. The fourth-order valence-corrected chi connectivity index (χ4v) is 3.70. The zero-order chi connectivity index (χ0) is 22.1. The monoisotopic (exact) mass is 448 g/mol. The molecule has 0 aliphatic rings. The number of nitrogens with one attached hydrogen (secondary N) is 1. The molecule has 0 bridgehead atoms. The van der Waals surface area contributed by atoms with E-state index in [1.54, 1.807) is 23.1 Å². The highest BCUT2D eigenvalue weighted by atomic mass is 35.5. The lowest BCUT2D eigenvalue weighted by atomic mass is 10.1. The molecule has 6 heteroatoms. The summed E-state index contributed by atoms with van der Waals surface area (Å²) in [4.78, 5) is 27.8. The molecule has 2 rings (SSSR count). The fraction of sp³-hybridized carbons (Fsp3) is 0.417. The van der Waals surface area contributed by atoms with Gasteiger partial charge in [-0.1, -0.05) is 73.4 Å². The maximum atomic E-state index is 13.2. The van der Waals surface area contributed by atoms with Crippen molar-refractivity contribution in [2.45, 2.75) is 65.1 Å². The Morgan fingerprint density at radius 3 is 2.33 bits per heavy atom. The van der Waals surface area contributed by atoms with Gasteiger partial charge < -0.3 is 10.2 Å². The lowest BCUT2D eigenvalue weighted by Gasteiger charge is -2.32. The van der Waals surface area contributed by atoms with Crippen molar-refractivity contribution in [2.75, 3.05) is 0 Å². The normalized spacial score (nSPS) is 12.8. The molecule has 2 aromatic rings. The first-order valence-corrected chi connectivity index (χ1v) is 11.2. The van der Waals surface area contributed by atoms with Gasteiger partial charge in [0.2, 0.25) is 11.8 Å². The van der Waals surface area contributed by atoms with Gasteiger partial charge in [-0.15, -0.1) is 0 Å². The predicted molar refractivity (Wildman–Crippen MR) is 124 cm³/mol. The molecule has 0 fully saturated rings. The molecule has 162 valence electrons. The number of amides is 2. The second kappa shape index (κ2) is 12.0. The average molecular weight is 449 g/mol. The number of hydrogen-bond acceptors (Lipinski definition) is 2. The van der Waals surface area contributed by atoms with E-state index < -0.39 is 6.04 Å². The highest BCUT2D eigenvalue weighted by Crippen LogP contribution is 2.24. The van der Waals surface area contributed by atoms with Crippen molar-refractivity contribution in [1.29, 1.82) is 0 Å². The predicted octanol–water partition coefficient (Wildman–Crippen LogP) is 5.65. The number of hydrogen-bond donors (Lipinski definition) is 1. The molecule has 0 aliphatic carbocycles. The highest BCUT2D eigenvalue weighted by molar-refractivity contribution is 6.35. The van der Waals surface area contributed by atoms with Crippen molar-refractivity contribution >= 4 is 35.0 Å². The number of carbonyl (C=O) groups excluding carboxylic acids is 2. The zero-order valence-electron chi connectivity index (χ0n) is 17.8. The minimum absolute atomic E-state index is 0.0481. The number of carbonyl (C=O) groups is 2. The second-order valence-electron chi connectivity index (χ2n) is 7.48. The van der Waals surface area contributed by atoms with E-state index in [0.717, 1.165) is 17.5 Å². The first-order chi connectivity index (χ1) is 14.3. The molecule has 0 heterocycles. The summed E-state index contributed by atoms with van der Waals surface area (Å²) in [6, 6.07) is 14.6. The molecule has 0 spiro atoms. The molecular formula is C24H30Cl2N2O2. The standard InChI is InChI=1S/C24H30Cl2N2O2/c1-4-17(3)27-24(30)22(5-2)28(16-19-12-13-20(25)15-21(19)26)23(29)14-11-18-9-7-6-8-10-18/h6-10,12-13,15,17,22H,4-5,11,14,16H2,1-3H3,(H,27,30)/t17-,22+/m0/s1. The Hall–Kier alpha value is -2.04. The molecule has 1 N–H and O–H groups in total. The zero-order valence-corrected chi connectivity index (χ0v) is 19.3. The number of nitrogens with zero attached hydrogens (tertiary/aromatic N) is 1. The first kappa shape index (κ1) is 24.2. The molecule has 2 amide bonds. The van der Waals surface area contributed by atoms with Gasteiger partial charge in [-0.05, 0) is 49.4 Å². The Morgan fingerprint density at radius 2 is 1.73 bits per heavy atom. The van der Waals surface area contributed by atoms with Crippen LogP contribution in [-0.4, -0.2) is 28.8 Å². The Morgan fingerprint density at radius 1 is 1.03 bits per heavy atom. The van der Waals surface area contributed by atoms with Crippen LogP contribution in [0.5, 0.6) is 0 Å². The maximum absolute atomic E-state index is 13.2. The topological polar surface area (TPSA) is 49.4 Å². The van der Waals surface area contributed by atoms with Gasteiger partial charge in [-0.25, -0.2) is 0 Å². The van der Waals surface area contributed by atoms with E-state index in [9.17, 15) is 9.59 Å². The van der Waals surface area contributed by atoms with Crippen LogP contribution in [0.2, 0.25) is 10.0 Å². The molecule has 0 radical (unpaired) electrons. The molecule has 0 saturated heterocycles. The van der Waals surface area contributed by atoms with Crippen LogP contribution in [-0.2, 0) is 22.6 Å². The Balaban J connectivity index is 2.24. The van der Waals surface area contributed by atoms with Crippen molar-refractivity contribution in [3.63, 3.8) is 0 Å². The third-order valence-electron chi connectivity index (χ3n) is 5.21. The molecule has 0 aliphatic heterocycles. The minimum Gasteiger partial charge on any atom is -0.352 e. The van der Waals surface area contributed by atoms with Gasteiger partial charge in [0.25, 0.3) is 0 Å². The molecule has 0 aromatic heterocycles. The number of rotatable bonds is 10. The summed E-state index contributed by atoms with van der Waals surface area (Å²) >= 11 is 12.4. The molecule has 2 aromatic carbocycles. The van der Waals surface area contributed by atoms with Crippen LogP contribution in [0.15, 0.2) is 48.5 Å². The van der Waals surface area contributed by atoms with Crippen LogP contribution in [0.3, 0.4) is 0 Å².